The van der Waals surface area contributed by atoms with Crippen molar-refractivity contribution in [2.75, 3.05) is 11.9 Å². The van der Waals surface area contributed by atoms with Gasteiger partial charge in [-0.05, 0) is 52.3 Å². The number of aromatic nitrogens is 3. The number of phenolic OH excluding ortho intramolecular Hbond substituents is 1. The van der Waals surface area contributed by atoms with E-state index in [1.807, 2.05) is 44.9 Å². The van der Waals surface area contributed by atoms with Crippen molar-refractivity contribution < 1.29 is 14.6 Å². The summed E-state index contributed by atoms with van der Waals surface area (Å²) in [6.45, 7) is 7.56. The largest absolute Gasteiger partial charge is 0.507 e. The van der Waals surface area contributed by atoms with Crippen molar-refractivity contribution in [2.45, 2.75) is 58.3 Å². The number of rotatable bonds is 4. The number of hydrogen-bond donors (Lipinski definition) is 3. The summed E-state index contributed by atoms with van der Waals surface area (Å²) in [5.74, 6) is 0.521. The standard InChI is InChI=1S/C22H29BrN6O3/c1-13-6-8-15(26-21(31)32-22(2,3)4)11-19(25-13)29(5)20-24-12-17(27-28-20)16-9-7-14(23)10-18(16)30/h7-10,12-13,19,25,30H,6,11H2,1-5H3,(H,26,31)/t13-,19?/m1/s1. The zero-order valence-electron chi connectivity index (χ0n) is 18.9. The maximum absolute atomic E-state index is 12.2. The number of phenols is 1. The highest BCUT2D eigenvalue weighted by Gasteiger charge is 2.25. The summed E-state index contributed by atoms with van der Waals surface area (Å²) in [4.78, 5) is 18.5. The first-order valence-corrected chi connectivity index (χ1v) is 11.2. The van der Waals surface area contributed by atoms with Crippen LogP contribution in [0.3, 0.4) is 0 Å². The number of halogens is 1. The molecule has 1 aromatic carbocycles. The van der Waals surface area contributed by atoms with Crippen molar-refractivity contribution >= 4 is 28.0 Å². The molecule has 3 N–H and O–H groups in total. The van der Waals surface area contributed by atoms with Gasteiger partial charge in [-0.3, -0.25) is 10.6 Å². The Morgan fingerprint density at radius 2 is 2.09 bits per heavy atom. The molecular formula is C22H29BrN6O3. The third kappa shape index (κ3) is 6.39. The van der Waals surface area contributed by atoms with Crippen LogP contribution < -0.4 is 15.5 Å². The predicted molar refractivity (Wildman–Crippen MR) is 126 cm³/mol. The predicted octanol–water partition coefficient (Wildman–Crippen LogP) is 3.95. The lowest BCUT2D eigenvalue weighted by molar-refractivity contribution is 0.0543. The van der Waals surface area contributed by atoms with Crippen molar-refractivity contribution in [1.82, 2.24) is 25.8 Å². The molecule has 0 aliphatic carbocycles. The average Bonchev–Trinajstić information content (AvgIpc) is 2.87. The van der Waals surface area contributed by atoms with Crippen LogP contribution in [-0.4, -0.2) is 51.2 Å². The monoisotopic (exact) mass is 504 g/mol. The normalized spacial score (nSPS) is 19.0. The molecule has 10 heteroatoms. The number of hydrogen-bond acceptors (Lipinski definition) is 8. The van der Waals surface area contributed by atoms with Gasteiger partial charge in [0.05, 0.1) is 12.4 Å². The molecule has 0 spiro atoms. The Balaban J connectivity index is 1.73. The Bertz CT molecular complexity index is 990. The fourth-order valence-corrected chi connectivity index (χ4v) is 3.62. The highest BCUT2D eigenvalue weighted by atomic mass is 79.9. The molecule has 3 rings (SSSR count). The van der Waals surface area contributed by atoms with Gasteiger partial charge < -0.3 is 14.7 Å². The van der Waals surface area contributed by atoms with Crippen molar-refractivity contribution in [1.29, 1.82) is 0 Å². The molecule has 9 nitrogen and oxygen atoms in total. The lowest BCUT2D eigenvalue weighted by Crippen LogP contribution is -2.48. The number of nitrogens with zero attached hydrogens (tertiary/aromatic N) is 4. The lowest BCUT2D eigenvalue weighted by atomic mass is 10.1. The van der Waals surface area contributed by atoms with Crippen LogP contribution in [0.4, 0.5) is 10.7 Å². The molecule has 0 saturated heterocycles. The Labute approximate surface area is 196 Å². The van der Waals surface area contributed by atoms with Crippen LogP contribution in [0, 0.1) is 0 Å². The van der Waals surface area contributed by atoms with E-state index >= 15 is 0 Å². The van der Waals surface area contributed by atoms with Gasteiger partial charge >= 0.3 is 6.09 Å². The average molecular weight is 505 g/mol. The second-order valence-electron chi connectivity index (χ2n) is 8.80. The molecule has 1 unspecified atom stereocenters. The van der Waals surface area contributed by atoms with Crippen molar-refractivity contribution in [3.63, 3.8) is 0 Å². The number of nitrogens with one attached hydrogen (secondary N) is 2. The Hall–Kier alpha value is -2.72. The first-order valence-electron chi connectivity index (χ1n) is 10.4. The molecule has 0 fully saturated rings. The van der Waals surface area contributed by atoms with Gasteiger partial charge in [-0.15, -0.1) is 10.2 Å². The highest BCUT2D eigenvalue weighted by Crippen LogP contribution is 2.30. The van der Waals surface area contributed by atoms with Crippen molar-refractivity contribution in [2.24, 2.45) is 0 Å². The van der Waals surface area contributed by atoms with Gasteiger partial charge in [0.25, 0.3) is 0 Å². The van der Waals surface area contributed by atoms with Crippen molar-refractivity contribution in [3.8, 4) is 17.0 Å². The second-order valence-corrected chi connectivity index (χ2v) is 9.71. The third-order valence-corrected chi connectivity index (χ3v) is 5.33. The Morgan fingerprint density at radius 3 is 2.72 bits per heavy atom. The summed E-state index contributed by atoms with van der Waals surface area (Å²) in [5.41, 5.74) is 1.23. The summed E-state index contributed by atoms with van der Waals surface area (Å²) >= 11 is 3.32. The summed E-state index contributed by atoms with van der Waals surface area (Å²) in [7, 11) is 1.87. The minimum Gasteiger partial charge on any atom is -0.507 e. The van der Waals surface area contributed by atoms with Gasteiger partial charge in [-0.2, -0.15) is 0 Å². The number of aromatic hydroxyl groups is 1. The SMILES string of the molecule is C[C@@H]1CC=C(NC(=O)OC(C)(C)C)CC(N(C)c2ncc(-c3ccc(Br)cc3O)nn2)N1. The summed E-state index contributed by atoms with van der Waals surface area (Å²) in [5, 5.41) is 25.0. The lowest BCUT2D eigenvalue weighted by Gasteiger charge is -2.30. The summed E-state index contributed by atoms with van der Waals surface area (Å²) < 4.78 is 6.15. The van der Waals surface area contributed by atoms with E-state index in [-0.39, 0.29) is 18.0 Å². The van der Waals surface area contributed by atoms with Crippen LogP contribution in [-0.2, 0) is 4.74 Å². The van der Waals surface area contributed by atoms with Gasteiger partial charge in [0.15, 0.2) is 0 Å². The second kappa shape index (κ2) is 9.83. The van der Waals surface area contributed by atoms with Crippen LogP contribution >= 0.6 is 15.9 Å². The highest BCUT2D eigenvalue weighted by molar-refractivity contribution is 9.10. The van der Waals surface area contributed by atoms with E-state index in [9.17, 15) is 9.90 Å². The zero-order chi connectivity index (χ0) is 23.5. The molecule has 32 heavy (non-hydrogen) atoms. The summed E-state index contributed by atoms with van der Waals surface area (Å²) in [6, 6.07) is 5.36. The first kappa shape index (κ1) is 23.9. The van der Waals surface area contributed by atoms with E-state index in [1.54, 1.807) is 18.3 Å². The number of alkyl carbamates (subject to hydrolysis) is 1. The minimum absolute atomic E-state index is 0.0961. The Kier molecular flexibility index (Phi) is 7.35. The molecular weight excluding hydrogens is 476 g/mol. The van der Waals surface area contributed by atoms with E-state index in [0.29, 0.717) is 23.6 Å². The van der Waals surface area contributed by atoms with Gasteiger partial charge in [0.2, 0.25) is 5.95 Å². The third-order valence-electron chi connectivity index (χ3n) is 4.84. The number of benzene rings is 1. The van der Waals surface area contributed by atoms with Crippen LogP contribution in [0.1, 0.15) is 40.5 Å². The molecule has 0 bridgehead atoms. The zero-order valence-corrected chi connectivity index (χ0v) is 20.5. The molecule has 0 radical (unpaired) electrons. The minimum atomic E-state index is -0.568. The van der Waals surface area contributed by atoms with E-state index in [2.05, 4.69) is 48.7 Å². The maximum Gasteiger partial charge on any atom is 0.411 e. The van der Waals surface area contributed by atoms with Gasteiger partial charge in [-0.1, -0.05) is 22.0 Å². The first-order chi connectivity index (χ1) is 15.0. The van der Waals surface area contributed by atoms with Crippen LogP contribution in [0.15, 0.2) is 40.6 Å². The quantitative estimate of drug-likeness (QED) is 0.573. The molecule has 1 aromatic heterocycles. The molecule has 1 aliphatic rings. The summed E-state index contributed by atoms with van der Waals surface area (Å²) in [6.07, 6.45) is 4.24. The van der Waals surface area contributed by atoms with E-state index in [1.165, 1.54) is 0 Å². The molecule has 2 aromatic rings. The smallest absolute Gasteiger partial charge is 0.411 e. The van der Waals surface area contributed by atoms with Gasteiger partial charge in [0.1, 0.15) is 17.0 Å². The fourth-order valence-electron chi connectivity index (χ4n) is 3.27. The van der Waals surface area contributed by atoms with Crippen LogP contribution in [0.5, 0.6) is 5.75 Å². The topological polar surface area (TPSA) is 112 Å². The molecule has 1 amide bonds. The van der Waals surface area contributed by atoms with Crippen molar-refractivity contribution in [3.05, 3.63) is 40.6 Å². The number of carbonyl (C=O) groups excluding carboxylic acids is 1. The molecule has 0 saturated carbocycles. The van der Waals surface area contributed by atoms with Gasteiger partial charge in [0, 0.05) is 35.2 Å². The number of carbonyl (C=O) groups is 1. The van der Waals surface area contributed by atoms with Gasteiger partial charge in [-0.25, -0.2) is 9.78 Å². The molecule has 172 valence electrons. The van der Waals surface area contributed by atoms with Crippen LogP contribution in [0.2, 0.25) is 0 Å². The number of amides is 1. The maximum atomic E-state index is 12.2. The van der Waals surface area contributed by atoms with E-state index in [4.69, 9.17) is 4.74 Å². The fraction of sp³-hybridized carbons (Fsp3) is 0.455. The number of anilines is 1. The van der Waals surface area contributed by atoms with Crippen LogP contribution in [0.25, 0.3) is 11.3 Å². The molecule has 2 heterocycles. The number of ether oxygens (including phenoxy) is 1. The van der Waals surface area contributed by atoms with E-state index < -0.39 is 11.7 Å². The molecule has 2 atom stereocenters. The molecule has 1 aliphatic heterocycles. The Morgan fingerprint density at radius 1 is 1.34 bits per heavy atom. The van der Waals surface area contributed by atoms with E-state index in [0.717, 1.165) is 16.6 Å².